The van der Waals surface area contributed by atoms with Crippen molar-refractivity contribution in [1.29, 1.82) is 0 Å². The molecule has 1 N–H and O–H groups in total. The molecular formula is C24H36N4O2. The lowest BCUT2D eigenvalue weighted by Crippen LogP contribution is -2.56. The molecule has 6 heteroatoms. The topological polar surface area (TPSA) is 55.9 Å². The van der Waals surface area contributed by atoms with E-state index in [4.69, 9.17) is 0 Å². The Bertz CT molecular complexity index is 767. The zero-order valence-electron chi connectivity index (χ0n) is 18.7. The van der Waals surface area contributed by atoms with Gasteiger partial charge in [0.15, 0.2) is 0 Å². The van der Waals surface area contributed by atoms with Gasteiger partial charge in [0.1, 0.15) is 6.54 Å². The van der Waals surface area contributed by atoms with Gasteiger partial charge in [0.25, 0.3) is 0 Å². The smallest absolute Gasteiger partial charge is 0.321 e. The summed E-state index contributed by atoms with van der Waals surface area (Å²) in [5.41, 5.74) is 1.22. The van der Waals surface area contributed by atoms with Gasteiger partial charge in [-0.05, 0) is 64.1 Å². The van der Waals surface area contributed by atoms with Gasteiger partial charge in [-0.15, -0.1) is 0 Å². The van der Waals surface area contributed by atoms with Crippen LogP contribution in [0, 0.1) is 5.92 Å². The van der Waals surface area contributed by atoms with Crippen LogP contribution in [0.5, 0.6) is 0 Å². The van der Waals surface area contributed by atoms with E-state index >= 15 is 0 Å². The van der Waals surface area contributed by atoms with Crippen molar-refractivity contribution in [2.24, 2.45) is 5.92 Å². The maximum Gasteiger partial charge on any atom is 0.321 e. The number of hydrogen-bond donors (Lipinski definition) is 1. The lowest BCUT2D eigenvalue weighted by atomic mass is 9.68. The molecule has 1 aliphatic heterocycles. The van der Waals surface area contributed by atoms with Gasteiger partial charge in [0.05, 0.1) is 5.54 Å². The van der Waals surface area contributed by atoms with Crippen molar-refractivity contribution in [3.8, 4) is 0 Å². The summed E-state index contributed by atoms with van der Waals surface area (Å²) in [6.45, 7) is 1.68. The van der Waals surface area contributed by atoms with E-state index in [0.717, 1.165) is 32.2 Å². The summed E-state index contributed by atoms with van der Waals surface area (Å²) in [5, 5.41) is 2.67. The Morgan fingerprint density at radius 2 is 1.80 bits per heavy atom. The number of hydrogen-bond acceptors (Lipinski definition) is 3. The van der Waals surface area contributed by atoms with Crippen LogP contribution in [-0.4, -0.2) is 73.0 Å². The fourth-order valence-corrected chi connectivity index (χ4v) is 5.76. The molecule has 3 fully saturated rings. The zero-order chi connectivity index (χ0) is 21.4. The monoisotopic (exact) mass is 412 g/mol. The molecule has 164 valence electrons. The van der Waals surface area contributed by atoms with Crippen molar-refractivity contribution in [3.05, 3.63) is 35.9 Å². The van der Waals surface area contributed by atoms with Crippen molar-refractivity contribution in [2.45, 2.75) is 56.0 Å². The van der Waals surface area contributed by atoms with Gasteiger partial charge in [0.2, 0.25) is 5.91 Å². The number of nitrogens with one attached hydrogen (secondary N) is 1. The van der Waals surface area contributed by atoms with Gasteiger partial charge in [-0.25, -0.2) is 4.79 Å². The number of carbonyl (C=O) groups is 2. The first-order chi connectivity index (χ1) is 14.4. The van der Waals surface area contributed by atoms with Gasteiger partial charge in [-0.2, -0.15) is 0 Å². The summed E-state index contributed by atoms with van der Waals surface area (Å²) in [5.74, 6) is 0.534. The van der Waals surface area contributed by atoms with Crippen LogP contribution in [0.3, 0.4) is 0 Å². The van der Waals surface area contributed by atoms with Crippen LogP contribution in [0.15, 0.2) is 30.3 Å². The largest absolute Gasteiger partial charge is 0.358 e. The van der Waals surface area contributed by atoms with E-state index in [1.54, 1.807) is 11.9 Å². The molecule has 1 aromatic rings. The minimum absolute atomic E-state index is 0.00586. The molecule has 0 bridgehead atoms. The molecule has 2 saturated carbocycles. The van der Waals surface area contributed by atoms with Crippen LogP contribution in [0.2, 0.25) is 0 Å². The summed E-state index contributed by atoms with van der Waals surface area (Å²) >= 11 is 0. The predicted octanol–water partition coefficient (Wildman–Crippen LogP) is 3.04. The second kappa shape index (κ2) is 8.22. The highest BCUT2D eigenvalue weighted by molar-refractivity contribution is 5.85. The van der Waals surface area contributed by atoms with Gasteiger partial charge in [-0.3, -0.25) is 9.69 Å². The maximum absolute atomic E-state index is 13.3. The SMILES string of the molecule is CNC(=O)CN1CC2(CCC(c3ccccc3)(N(C)C)CC2)N(CC2CCC2)C1=O. The minimum atomic E-state index is -0.144. The second-order valence-corrected chi connectivity index (χ2v) is 9.74. The number of benzene rings is 1. The van der Waals surface area contributed by atoms with Crippen LogP contribution in [0.25, 0.3) is 0 Å². The third-order valence-electron chi connectivity index (χ3n) is 8.01. The van der Waals surface area contributed by atoms with Crippen LogP contribution in [0.1, 0.15) is 50.5 Å². The number of likely N-dealkylation sites (N-methyl/N-ethyl adjacent to an activating group) is 1. The third kappa shape index (κ3) is 3.59. The van der Waals surface area contributed by atoms with Gasteiger partial charge in [-0.1, -0.05) is 36.8 Å². The molecule has 0 atom stereocenters. The standard InChI is InChI=1S/C24H36N4O2/c1-25-21(29)17-27-18-23(28(22(27)30)16-19-8-7-9-19)12-14-24(15-13-23,26(2)3)20-10-5-4-6-11-20/h4-6,10-11,19H,7-9,12-18H2,1-3H3,(H,25,29). The van der Waals surface area contributed by atoms with Crippen molar-refractivity contribution >= 4 is 11.9 Å². The summed E-state index contributed by atoms with van der Waals surface area (Å²) in [6.07, 6.45) is 7.71. The molecule has 0 aromatic heterocycles. The summed E-state index contributed by atoms with van der Waals surface area (Å²) in [7, 11) is 5.99. The molecule has 3 aliphatic rings. The van der Waals surface area contributed by atoms with E-state index in [2.05, 4.69) is 59.5 Å². The number of carbonyl (C=O) groups excluding carboxylic acids is 2. The number of amides is 3. The highest BCUT2D eigenvalue weighted by Gasteiger charge is 2.55. The Hall–Kier alpha value is -2.08. The number of rotatable bonds is 6. The second-order valence-electron chi connectivity index (χ2n) is 9.74. The Balaban J connectivity index is 1.58. The molecule has 1 aromatic carbocycles. The molecule has 0 unspecified atom stereocenters. The summed E-state index contributed by atoms with van der Waals surface area (Å²) in [6, 6.07) is 10.9. The Kier molecular flexibility index (Phi) is 5.80. The molecule has 1 spiro atoms. The minimum Gasteiger partial charge on any atom is -0.358 e. The van der Waals surface area contributed by atoms with Gasteiger partial charge >= 0.3 is 6.03 Å². The normalized spacial score (nSPS) is 29.5. The number of nitrogens with zero attached hydrogens (tertiary/aromatic N) is 3. The van der Waals surface area contributed by atoms with E-state index in [0.29, 0.717) is 12.5 Å². The first-order valence-electron chi connectivity index (χ1n) is 11.4. The van der Waals surface area contributed by atoms with E-state index in [1.165, 1.54) is 24.8 Å². The highest BCUT2D eigenvalue weighted by atomic mass is 16.2. The molecular weight excluding hydrogens is 376 g/mol. The van der Waals surface area contributed by atoms with Crippen LogP contribution < -0.4 is 5.32 Å². The van der Waals surface area contributed by atoms with Gasteiger partial charge < -0.3 is 15.1 Å². The molecule has 2 aliphatic carbocycles. The van der Waals surface area contributed by atoms with Crippen LogP contribution >= 0.6 is 0 Å². The zero-order valence-corrected chi connectivity index (χ0v) is 18.7. The first-order valence-corrected chi connectivity index (χ1v) is 11.4. The summed E-state index contributed by atoms with van der Waals surface area (Å²) in [4.78, 5) is 31.7. The lowest BCUT2D eigenvalue weighted by molar-refractivity contribution is -0.121. The predicted molar refractivity (Wildman–Crippen MR) is 118 cm³/mol. The van der Waals surface area contributed by atoms with E-state index in [9.17, 15) is 9.59 Å². The number of urea groups is 1. The van der Waals surface area contributed by atoms with Crippen molar-refractivity contribution in [3.63, 3.8) is 0 Å². The maximum atomic E-state index is 13.3. The average molecular weight is 413 g/mol. The van der Waals surface area contributed by atoms with Crippen LogP contribution in [0.4, 0.5) is 4.79 Å². The lowest BCUT2D eigenvalue weighted by Gasteiger charge is -2.51. The van der Waals surface area contributed by atoms with Gasteiger partial charge in [0, 0.05) is 25.7 Å². The van der Waals surface area contributed by atoms with Crippen molar-refractivity contribution in [2.75, 3.05) is 40.8 Å². The van der Waals surface area contributed by atoms with E-state index in [1.807, 2.05) is 0 Å². The average Bonchev–Trinajstić information content (AvgIpc) is 2.96. The molecule has 30 heavy (non-hydrogen) atoms. The fourth-order valence-electron chi connectivity index (χ4n) is 5.76. The third-order valence-corrected chi connectivity index (χ3v) is 8.01. The summed E-state index contributed by atoms with van der Waals surface area (Å²) < 4.78 is 0. The molecule has 3 amide bonds. The van der Waals surface area contributed by atoms with Crippen molar-refractivity contribution < 1.29 is 9.59 Å². The Labute approximate surface area is 180 Å². The molecule has 1 saturated heterocycles. The van der Waals surface area contributed by atoms with E-state index < -0.39 is 0 Å². The first kappa shape index (κ1) is 21.2. The van der Waals surface area contributed by atoms with E-state index in [-0.39, 0.29) is 29.6 Å². The molecule has 1 heterocycles. The molecule has 0 radical (unpaired) electrons. The van der Waals surface area contributed by atoms with Crippen molar-refractivity contribution in [1.82, 2.24) is 20.0 Å². The Morgan fingerprint density at radius 1 is 1.13 bits per heavy atom. The molecule has 4 rings (SSSR count). The quantitative estimate of drug-likeness (QED) is 0.781. The fraction of sp³-hybridized carbons (Fsp3) is 0.667. The van der Waals surface area contributed by atoms with Crippen LogP contribution in [-0.2, 0) is 10.3 Å². The highest BCUT2D eigenvalue weighted by Crippen LogP contribution is 2.49. The Morgan fingerprint density at radius 3 is 2.33 bits per heavy atom. The molecule has 6 nitrogen and oxygen atoms in total.